The fraction of sp³-hybridized carbons (Fsp3) is 0.0811. The Kier molecular flexibility index (Phi) is 11.9. The third-order valence-corrected chi connectivity index (χ3v) is 16.1. The van der Waals surface area contributed by atoms with Crippen molar-refractivity contribution in [3.05, 3.63) is 290 Å². The minimum Gasteiger partial charge on any atom is -0.314 e. The summed E-state index contributed by atoms with van der Waals surface area (Å²) in [5.41, 5.74) is 21.4. The van der Waals surface area contributed by atoms with E-state index in [0.717, 1.165) is 58.1 Å². The van der Waals surface area contributed by atoms with Crippen LogP contribution >= 0.6 is 0 Å². The molecule has 14 rings (SSSR count). The highest BCUT2D eigenvalue weighted by molar-refractivity contribution is 6.12. The molecule has 0 saturated carbocycles. The fourth-order valence-electron chi connectivity index (χ4n) is 12.2. The zero-order chi connectivity index (χ0) is 52.1. The van der Waals surface area contributed by atoms with Gasteiger partial charge in [0.05, 0.1) is 22.1 Å². The Bertz CT molecular complexity index is 4310. The smallest absolute Gasteiger partial charge is 0.0542 e. The van der Waals surface area contributed by atoms with Gasteiger partial charge in [0.25, 0.3) is 0 Å². The van der Waals surface area contributed by atoms with Crippen LogP contribution in [-0.2, 0) is 0 Å². The summed E-state index contributed by atoms with van der Waals surface area (Å²) in [6, 6.07) is 91.0. The molecule has 78 heavy (non-hydrogen) atoms. The van der Waals surface area contributed by atoms with Gasteiger partial charge in [-0.1, -0.05) is 184 Å². The molecule has 0 aliphatic heterocycles. The van der Waals surface area contributed by atoms with Crippen LogP contribution in [0.5, 0.6) is 0 Å². The lowest BCUT2D eigenvalue weighted by Gasteiger charge is -2.34. The molecule has 2 aliphatic rings. The monoisotopic (exact) mass is 1000 g/mol. The van der Waals surface area contributed by atoms with Crippen molar-refractivity contribution < 1.29 is 0 Å². The van der Waals surface area contributed by atoms with Crippen molar-refractivity contribution in [1.82, 2.24) is 9.13 Å². The Morgan fingerprint density at radius 3 is 1.35 bits per heavy atom. The molecular weight excluding hydrogens is 945 g/mol. The molecule has 2 unspecified atom stereocenters. The maximum absolute atomic E-state index is 2.50. The van der Waals surface area contributed by atoms with Gasteiger partial charge in [-0.05, 0) is 161 Å². The van der Waals surface area contributed by atoms with Gasteiger partial charge < -0.3 is 18.9 Å². The summed E-state index contributed by atoms with van der Waals surface area (Å²) in [6.07, 6.45) is 13.7. The van der Waals surface area contributed by atoms with Crippen LogP contribution in [0, 0.1) is 11.8 Å². The SMILES string of the molecule is CC1C=CC(n2c3ccccc3c3cc(N(C4=CC=C(c5ccccc5)CC4C)c4ccc(-c5ccc(N(c6ccc(-c7ccccc7)cc6)c6ccc7c(c6)c6ccccc6n7-c6ccccc6)cc5)cc4)ccc32)=CC1. The summed E-state index contributed by atoms with van der Waals surface area (Å²) in [6.45, 7) is 4.66. The topological polar surface area (TPSA) is 16.3 Å². The van der Waals surface area contributed by atoms with Crippen LogP contribution in [0.25, 0.3) is 82.8 Å². The van der Waals surface area contributed by atoms with E-state index in [4.69, 9.17) is 0 Å². The summed E-state index contributed by atoms with van der Waals surface area (Å²) in [4.78, 5) is 4.89. The zero-order valence-corrected chi connectivity index (χ0v) is 43.9. The van der Waals surface area contributed by atoms with E-state index in [-0.39, 0.29) is 5.92 Å². The highest BCUT2D eigenvalue weighted by atomic mass is 15.2. The number of anilines is 5. The number of hydrogen-bond donors (Lipinski definition) is 0. The van der Waals surface area contributed by atoms with E-state index in [0.29, 0.717) is 5.92 Å². The van der Waals surface area contributed by atoms with Crippen LogP contribution in [0.1, 0.15) is 32.3 Å². The number of para-hydroxylation sites is 3. The van der Waals surface area contributed by atoms with Crippen LogP contribution in [0.2, 0.25) is 0 Å². The van der Waals surface area contributed by atoms with Crippen molar-refractivity contribution in [3.63, 3.8) is 0 Å². The van der Waals surface area contributed by atoms with Gasteiger partial charge in [-0.3, -0.25) is 0 Å². The number of allylic oxidation sites excluding steroid dienone is 8. The third kappa shape index (κ3) is 8.43. The standard InChI is InChI=1S/C74H58N4/c1-51-26-35-63(36-27-51)78-72-25-15-13-23-67(72)69-50-65(44-47-74(69)78)76(70-45-34-58(48-52(70)2)54-18-8-4-9-19-54)62-41-32-57(33-42-62)56-30-39-61(40-31-56)75(60-37-28-55(29-38-60)53-16-6-3-7-17-53)64-43-46-73-68(49-64)66-22-12-14-24-71(66)77(73)59-20-10-5-11-21-59/h3-26,28-47,49-52H,27,48H2,1-2H3. The lowest BCUT2D eigenvalue weighted by molar-refractivity contribution is 0.680. The van der Waals surface area contributed by atoms with Crippen molar-refractivity contribution in [1.29, 1.82) is 0 Å². The van der Waals surface area contributed by atoms with E-state index >= 15 is 0 Å². The Morgan fingerprint density at radius 2 is 0.808 bits per heavy atom. The van der Waals surface area contributed by atoms with Crippen LogP contribution in [0.3, 0.4) is 0 Å². The average molecular weight is 1000 g/mol. The normalized spacial score (nSPS) is 15.4. The quantitative estimate of drug-likeness (QED) is 0.128. The minimum absolute atomic E-state index is 0.273. The number of nitrogens with zero attached hydrogens (tertiary/aromatic N) is 4. The van der Waals surface area contributed by atoms with E-state index in [1.54, 1.807) is 0 Å². The molecule has 0 saturated heterocycles. The molecular formula is C74H58N4. The first-order chi connectivity index (χ1) is 38.5. The van der Waals surface area contributed by atoms with E-state index in [9.17, 15) is 0 Å². The molecule has 2 aliphatic carbocycles. The molecule has 10 aromatic carbocycles. The Balaban J connectivity index is 0.844. The van der Waals surface area contributed by atoms with Crippen molar-refractivity contribution in [2.75, 3.05) is 9.80 Å². The van der Waals surface area contributed by atoms with Crippen molar-refractivity contribution in [3.8, 4) is 27.9 Å². The minimum atomic E-state index is 0.273. The maximum atomic E-state index is 2.50. The number of hydrogen-bond acceptors (Lipinski definition) is 2. The van der Waals surface area contributed by atoms with Gasteiger partial charge in [-0.25, -0.2) is 0 Å². The molecule has 4 nitrogen and oxygen atoms in total. The molecule has 0 spiro atoms. The average Bonchev–Trinajstić information content (AvgIpc) is 4.21. The fourth-order valence-corrected chi connectivity index (χ4v) is 12.2. The van der Waals surface area contributed by atoms with Gasteiger partial charge in [0.2, 0.25) is 0 Å². The molecule has 4 heteroatoms. The first kappa shape index (κ1) is 46.9. The molecule has 0 radical (unpaired) electrons. The summed E-state index contributed by atoms with van der Waals surface area (Å²) in [5, 5.41) is 4.95. The second-order valence-corrected chi connectivity index (χ2v) is 21.1. The van der Waals surface area contributed by atoms with Gasteiger partial charge in [0.15, 0.2) is 0 Å². The highest BCUT2D eigenvalue weighted by Gasteiger charge is 2.26. The highest BCUT2D eigenvalue weighted by Crippen LogP contribution is 2.45. The molecule has 0 bridgehead atoms. The van der Waals surface area contributed by atoms with Crippen molar-refractivity contribution in [2.45, 2.75) is 26.7 Å². The van der Waals surface area contributed by atoms with Crippen molar-refractivity contribution >= 4 is 83.3 Å². The largest absolute Gasteiger partial charge is 0.314 e. The van der Waals surface area contributed by atoms with Gasteiger partial charge in [0, 0.05) is 73.0 Å². The molecule has 0 amide bonds. The van der Waals surface area contributed by atoms with E-state index < -0.39 is 0 Å². The molecule has 2 heterocycles. The van der Waals surface area contributed by atoms with E-state index in [2.05, 4.69) is 312 Å². The number of fused-ring (bicyclic) bond motifs is 6. The molecule has 12 aromatic rings. The lowest BCUT2D eigenvalue weighted by Crippen LogP contribution is -2.23. The summed E-state index contributed by atoms with van der Waals surface area (Å²) < 4.78 is 4.83. The molecule has 0 N–H and O–H groups in total. The number of benzene rings is 10. The van der Waals surface area contributed by atoms with Crippen LogP contribution in [0.4, 0.5) is 28.4 Å². The van der Waals surface area contributed by atoms with E-state index in [1.165, 1.54) is 77.3 Å². The zero-order valence-electron chi connectivity index (χ0n) is 43.9. The predicted octanol–water partition coefficient (Wildman–Crippen LogP) is 20.3. The Hall–Kier alpha value is -9.64. The van der Waals surface area contributed by atoms with E-state index in [1.807, 2.05) is 0 Å². The summed E-state index contributed by atoms with van der Waals surface area (Å²) in [5.74, 6) is 0.817. The van der Waals surface area contributed by atoms with Crippen LogP contribution in [-0.4, -0.2) is 9.13 Å². The molecule has 0 fully saturated rings. The van der Waals surface area contributed by atoms with Crippen molar-refractivity contribution in [2.24, 2.45) is 11.8 Å². The van der Waals surface area contributed by atoms with Gasteiger partial charge in [-0.15, -0.1) is 0 Å². The second-order valence-electron chi connectivity index (χ2n) is 21.1. The molecule has 2 atom stereocenters. The lowest BCUT2D eigenvalue weighted by atomic mass is 9.87. The first-order valence-electron chi connectivity index (χ1n) is 27.4. The molecule has 2 aromatic heterocycles. The third-order valence-electron chi connectivity index (χ3n) is 16.1. The number of rotatable bonds is 11. The number of aromatic nitrogens is 2. The second kappa shape index (κ2) is 19.8. The van der Waals surface area contributed by atoms with Crippen LogP contribution < -0.4 is 9.80 Å². The van der Waals surface area contributed by atoms with Gasteiger partial charge >= 0.3 is 0 Å². The van der Waals surface area contributed by atoms with Gasteiger partial charge in [-0.2, -0.15) is 0 Å². The predicted molar refractivity (Wildman–Crippen MR) is 331 cm³/mol. The molecule has 374 valence electrons. The van der Waals surface area contributed by atoms with Gasteiger partial charge in [0.1, 0.15) is 0 Å². The Morgan fingerprint density at radius 1 is 0.372 bits per heavy atom. The first-order valence-corrected chi connectivity index (χ1v) is 27.4. The summed E-state index contributed by atoms with van der Waals surface area (Å²) >= 11 is 0. The Labute approximate surface area is 456 Å². The summed E-state index contributed by atoms with van der Waals surface area (Å²) in [7, 11) is 0. The maximum Gasteiger partial charge on any atom is 0.0542 e. The van der Waals surface area contributed by atoms with Crippen LogP contribution in [0.15, 0.2) is 285 Å².